The van der Waals surface area contributed by atoms with E-state index in [1.165, 1.54) is 6.92 Å². The molecule has 0 radical (unpaired) electrons. The zero-order valence-electron chi connectivity index (χ0n) is 8.88. The van der Waals surface area contributed by atoms with Gasteiger partial charge in [0.2, 0.25) is 0 Å². The molecule has 13 heavy (non-hydrogen) atoms. The first-order valence-corrected chi connectivity index (χ1v) is 4.96. The number of hydrogen-bond acceptors (Lipinski definition) is 3. The molecule has 2 unspecified atom stereocenters. The second-order valence-corrected chi connectivity index (χ2v) is 3.56. The molecule has 0 aliphatic heterocycles. The van der Waals surface area contributed by atoms with Gasteiger partial charge in [-0.05, 0) is 18.8 Å². The molecule has 0 bridgehead atoms. The van der Waals surface area contributed by atoms with Crippen molar-refractivity contribution in [3.63, 3.8) is 0 Å². The summed E-state index contributed by atoms with van der Waals surface area (Å²) in [4.78, 5) is 10.5. The normalized spacial score (nSPS) is 15.1. The van der Waals surface area contributed by atoms with Crippen molar-refractivity contribution in [1.29, 1.82) is 0 Å². The fraction of sp³-hybridized carbons (Fsp3) is 0.900. The Hall–Kier alpha value is -0.570. The van der Waals surface area contributed by atoms with Crippen LogP contribution in [0.5, 0.6) is 0 Å². The molecule has 3 nitrogen and oxygen atoms in total. The maximum absolute atomic E-state index is 10.5. The summed E-state index contributed by atoms with van der Waals surface area (Å²) in [6.45, 7) is 6.16. The number of carbonyl (C=O) groups excluding carboxylic acids is 1. The molecule has 0 amide bonds. The Labute approximate surface area is 80.6 Å². The van der Waals surface area contributed by atoms with Gasteiger partial charge >= 0.3 is 5.97 Å². The van der Waals surface area contributed by atoms with Crippen molar-refractivity contribution in [1.82, 2.24) is 0 Å². The van der Waals surface area contributed by atoms with Crippen LogP contribution in [0, 0.1) is 5.92 Å². The van der Waals surface area contributed by atoms with Crippen molar-refractivity contribution in [3.05, 3.63) is 0 Å². The average molecular weight is 187 g/mol. The lowest BCUT2D eigenvalue weighted by molar-refractivity contribution is -0.141. The van der Waals surface area contributed by atoms with Gasteiger partial charge in [-0.25, -0.2) is 0 Å². The third-order valence-electron chi connectivity index (χ3n) is 2.23. The summed E-state index contributed by atoms with van der Waals surface area (Å²) >= 11 is 0. The fourth-order valence-corrected chi connectivity index (χ4v) is 1.29. The van der Waals surface area contributed by atoms with Crippen LogP contribution < -0.4 is 5.73 Å². The van der Waals surface area contributed by atoms with E-state index < -0.39 is 0 Å². The van der Waals surface area contributed by atoms with Crippen LogP contribution in [0.1, 0.15) is 40.0 Å². The molecule has 3 heteroatoms. The summed E-state index contributed by atoms with van der Waals surface area (Å²) in [5.41, 5.74) is 5.90. The first kappa shape index (κ1) is 12.4. The van der Waals surface area contributed by atoms with E-state index in [4.69, 9.17) is 10.5 Å². The molecule has 0 aliphatic carbocycles. The minimum absolute atomic E-state index is 0.152. The Balaban J connectivity index is 3.49. The first-order valence-electron chi connectivity index (χ1n) is 4.96. The van der Waals surface area contributed by atoms with E-state index in [0.717, 1.165) is 19.3 Å². The SMILES string of the molecule is CCCC(C)C(N)CCOC(C)=O. The standard InChI is InChI=1S/C10H21NO2/c1-4-5-8(2)10(11)6-7-13-9(3)12/h8,10H,4-7,11H2,1-3H3. The molecule has 0 saturated heterocycles. The molecule has 0 spiro atoms. The van der Waals surface area contributed by atoms with Gasteiger partial charge in [-0.2, -0.15) is 0 Å². The predicted molar refractivity (Wildman–Crippen MR) is 53.3 cm³/mol. The van der Waals surface area contributed by atoms with Crippen LogP contribution >= 0.6 is 0 Å². The molecule has 0 heterocycles. The number of carbonyl (C=O) groups is 1. The number of esters is 1. The Kier molecular flexibility index (Phi) is 6.59. The molecule has 0 saturated carbocycles. The topological polar surface area (TPSA) is 52.3 Å². The van der Waals surface area contributed by atoms with Gasteiger partial charge in [0.1, 0.15) is 0 Å². The third kappa shape index (κ3) is 6.58. The van der Waals surface area contributed by atoms with Crippen molar-refractivity contribution < 1.29 is 9.53 Å². The lowest BCUT2D eigenvalue weighted by Crippen LogP contribution is -2.29. The highest BCUT2D eigenvalue weighted by Gasteiger charge is 2.11. The largest absolute Gasteiger partial charge is 0.466 e. The van der Waals surface area contributed by atoms with Crippen LogP contribution in [-0.2, 0) is 9.53 Å². The molecular weight excluding hydrogens is 166 g/mol. The van der Waals surface area contributed by atoms with Crippen molar-refractivity contribution in [2.45, 2.75) is 46.1 Å². The third-order valence-corrected chi connectivity index (χ3v) is 2.23. The van der Waals surface area contributed by atoms with Crippen LogP contribution in [0.15, 0.2) is 0 Å². The van der Waals surface area contributed by atoms with E-state index in [1.807, 2.05) is 0 Å². The van der Waals surface area contributed by atoms with Crippen LogP contribution in [-0.4, -0.2) is 18.6 Å². The smallest absolute Gasteiger partial charge is 0.302 e. The molecule has 2 atom stereocenters. The van der Waals surface area contributed by atoms with Gasteiger partial charge in [-0.1, -0.05) is 20.3 Å². The summed E-state index contributed by atoms with van der Waals surface area (Å²) < 4.78 is 4.82. The van der Waals surface area contributed by atoms with E-state index in [1.54, 1.807) is 0 Å². The molecule has 0 aromatic carbocycles. The second kappa shape index (κ2) is 6.89. The maximum Gasteiger partial charge on any atom is 0.302 e. The van der Waals surface area contributed by atoms with Crippen LogP contribution in [0.25, 0.3) is 0 Å². The van der Waals surface area contributed by atoms with Crippen molar-refractivity contribution >= 4 is 5.97 Å². The number of ether oxygens (including phenoxy) is 1. The van der Waals surface area contributed by atoms with Gasteiger partial charge in [0.15, 0.2) is 0 Å². The molecular formula is C10H21NO2. The van der Waals surface area contributed by atoms with Gasteiger partial charge in [0.05, 0.1) is 6.61 Å². The van der Waals surface area contributed by atoms with Crippen molar-refractivity contribution in [2.24, 2.45) is 11.7 Å². The molecule has 78 valence electrons. The predicted octanol–water partition coefficient (Wildman–Crippen LogP) is 1.70. The molecule has 0 aromatic heterocycles. The molecule has 0 aliphatic rings. The highest BCUT2D eigenvalue weighted by molar-refractivity contribution is 5.65. The van der Waals surface area contributed by atoms with Crippen LogP contribution in [0.2, 0.25) is 0 Å². The Bertz CT molecular complexity index is 148. The zero-order chi connectivity index (χ0) is 10.3. The molecule has 2 N–H and O–H groups in total. The van der Waals surface area contributed by atoms with Crippen LogP contribution in [0.4, 0.5) is 0 Å². The van der Waals surface area contributed by atoms with E-state index in [0.29, 0.717) is 12.5 Å². The highest BCUT2D eigenvalue weighted by atomic mass is 16.5. The molecule has 0 fully saturated rings. The van der Waals surface area contributed by atoms with E-state index in [2.05, 4.69) is 13.8 Å². The van der Waals surface area contributed by atoms with Gasteiger partial charge in [-0.15, -0.1) is 0 Å². The quantitative estimate of drug-likeness (QED) is 0.644. The first-order chi connectivity index (χ1) is 6.07. The molecule has 0 aromatic rings. The van der Waals surface area contributed by atoms with Crippen molar-refractivity contribution in [3.8, 4) is 0 Å². The van der Waals surface area contributed by atoms with Gasteiger partial charge in [0.25, 0.3) is 0 Å². The Morgan fingerprint density at radius 3 is 2.54 bits per heavy atom. The lowest BCUT2D eigenvalue weighted by Gasteiger charge is -2.18. The maximum atomic E-state index is 10.5. The zero-order valence-corrected chi connectivity index (χ0v) is 8.88. The van der Waals surface area contributed by atoms with E-state index >= 15 is 0 Å². The Morgan fingerprint density at radius 1 is 1.46 bits per heavy atom. The summed E-state index contributed by atoms with van der Waals surface area (Å²) in [7, 11) is 0. The van der Waals surface area contributed by atoms with E-state index in [9.17, 15) is 4.79 Å². The number of rotatable bonds is 6. The fourth-order valence-electron chi connectivity index (χ4n) is 1.29. The Morgan fingerprint density at radius 2 is 2.08 bits per heavy atom. The summed E-state index contributed by atoms with van der Waals surface area (Å²) in [5.74, 6) is 0.288. The number of hydrogen-bond donors (Lipinski definition) is 1. The van der Waals surface area contributed by atoms with Gasteiger partial charge < -0.3 is 10.5 Å². The minimum atomic E-state index is -0.227. The molecule has 0 rings (SSSR count). The van der Waals surface area contributed by atoms with E-state index in [-0.39, 0.29) is 12.0 Å². The monoisotopic (exact) mass is 187 g/mol. The minimum Gasteiger partial charge on any atom is -0.466 e. The lowest BCUT2D eigenvalue weighted by atomic mass is 9.96. The number of nitrogens with two attached hydrogens (primary N) is 1. The van der Waals surface area contributed by atoms with Crippen LogP contribution in [0.3, 0.4) is 0 Å². The summed E-state index contributed by atoms with van der Waals surface area (Å²) in [6.07, 6.45) is 3.06. The average Bonchev–Trinajstić information content (AvgIpc) is 2.04. The highest BCUT2D eigenvalue weighted by Crippen LogP contribution is 2.11. The van der Waals surface area contributed by atoms with Gasteiger partial charge in [0, 0.05) is 13.0 Å². The van der Waals surface area contributed by atoms with Crippen molar-refractivity contribution in [2.75, 3.05) is 6.61 Å². The van der Waals surface area contributed by atoms with Gasteiger partial charge in [-0.3, -0.25) is 4.79 Å². The summed E-state index contributed by atoms with van der Waals surface area (Å²) in [6, 6.07) is 0.152. The summed E-state index contributed by atoms with van der Waals surface area (Å²) in [5, 5.41) is 0. The second-order valence-electron chi connectivity index (χ2n) is 3.56.